The Kier molecular flexibility index (Phi) is 6.67. The van der Waals surface area contributed by atoms with Crippen molar-refractivity contribution >= 4 is 5.91 Å². The molecule has 0 saturated carbocycles. The molecule has 1 saturated heterocycles. The Labute approximate surface area is 146 Å². The lowest BCUT2D eigenvalue weighted by Gasteiger charge is -2.31. The van der Waals surface area contributed by atoms with Crippen LogP contribution >= 0.6 is 0 Å². The highest BCUT2D eigenvalue weighted by Crippen LogP contribution is 2.19. The average Bonchev–Trinajstić information content (AvgIpc) is 3.03. The predicted molar refractivity (Wildman–Crippen MR) is 98.4 cm³/mol. The molecule has 1 aromatic rings. The number of hydrogen-bond donors (Lipinski definition) is 1. The molecular weight excluding hydrogens is 300 g/mol. The third-order valence-corrected chi connectivity index (χ3v) is 4.43. The maximum absolute atomic E-state index is 12.8. The minimum Gasteiger partial charge on any atom is -0.497 e. The second-order valence-electron chi connectivity index (χ2n) is 7.97. The first-order valence-corrected chi connectivity index (χ1v) is 9.01. The highest BCUT2D eigenvalue weighted by atomic mass is 16.5. The van der Waals surface area contributed by atoms with Gasteiger partial charge >= 0.3 is 0 Å². The zero-order valence-corrected chi connectivity index (χ0v) is 15.6. The van der Waals surface area contributed by atoms with Gasteiger partial charge in [0.1, 0.15) is 5.75 Å². The van der Waals surface area contributed by atoms with Crippen molar-refractivity contribution < 1.29 is 9.53 Å². The van der Waals surface area contributed by atoms with Crippen LogP contribution in [-0.4, -0.2) is 43.6 Å². The van der Waals surface area contributed by atoms with Crippen LogP contribution in [0.4, 0.5) is 0 Å². The van der Waals surface area contributed by atoms with Crippen LogP contribution in [0.3, 0.4) is 0 Å². The van der Waals surface area contributed by atoms with Gasteiger partial charge in [-0.15, -0.1) is 0 Å². The van der Waals surface area contributed by atoms with E-state index in [1.807, 2.05) is 17.0 Å². The minimum atomic E-state index is 0.110. The van der Waals surface area contributed by atoms with Gasteiger partial charge in [-0.05, 0) is 48.9 Å². The van der Waals surface area contributed by atoms with Crippen LogP contribution < -0.4 is 10.1 Å². The quantitative estimate of drug-likeness (QED) is 0.833. The lowest BCUT2D eigenvalue weighted by molar-refractivity contribution is -0.133. The third-order valence-electron chi connectivity index (χ3n) is 4.43. The highest BCUT2D eigenvalue weighted by Gasteiger charge is 2.24. The van der Waals surface area contributed by atoms with Gasteiger partial charge in [0.25, 0.3) is 0 Å². The summed E-state index contributed by atoms with van der Waals surface area (Å²) in [4.78, 5) is 14.8. The fourth-order valence-corrected chi connectivity index (χ4v) is 3.19. The van der Waals surface area contributed by atoms with Crippen LogP contribution in [0, 0.1) is 5.41 Å². The van der Waals surface area contributed by atoms with Crippen molar-refractivity contribution in [1.82, 2.24) is 10.2 Å². The Morgan fingerprint density at radius 2 is 2.00 bits per heavy atom. The number of ether oxygens (including phenoxy) is 1. The van der Waals surface area contributed by atoms with Gasteiger partial charge in [0.2, 0.25) is 5.91 Å². The average molecular weight is 332 g/mol. The molecule has 0 spiro atoms. The highest BCUT2D eigenvalue weighted by molar-refractivity contribution is 5.77. The number of nitrogens with zero attached hydrogens (tertiary/aromatic N) is 1. The van der Waals surface area contributed by atoms with Crippen LogP contribution in [-0.2, 0) is 11.2 Å². The molecule has 1 heterocycles. The first-order chi connectivity index (χ1) is 11.4. The molecule has 24 heavy (non-hydrogen) atoms. The summed E-state index contributed by atoms with van der Waals surface area (Å²) >= 11 is 0. The maximum Gasteiger partial charge on any atom is 0.224 e. The number of methoxy groups -OCH3 is 1. The molecule has 0 radical (unpaired) electrons. The van der Waals surface area contributed by atoms with E-state index in [1.165, 1.54) is 12.0 Å². The van der Waals surface area contributed by atoms with Crippen molar-refractivity contribution in [1.29, 1.82) is 0 Å². The van der Waals surface area contributed by atoms with E-state index in [0.717, 1.165) is 38.2 Å². The molecule has 4 nitrogen and oxygen atoms in total. The van der Waals surface area contributed by atoms with E-state index in [9.17, 15) is 4.79 Å². The number of amides is 1. The van der Waals surface area contributed by atoms with Gasteiger partial charge < -0.3 is 15.0 Å². The molecule has 4 heteroatoms. The number of rotatable bonds is 7. The summed E-state index contributed by atoms with van der Waals surface area (Å²) < 4.78 is 5.20. The molecule has 1 unspecified atom stereocenters. The Morgan fingerprint density at radius 3 is 2.54 bits per heavy atom. The molecule has 0 aromatic heterocycles. The topological polar surface area (TPSA) is 41.6 Å². The normalized spacial score (nSPS) is 17.8. The molecule has 1 aromatic carbocycles. The zero-order chi connectivity index (χ0) is 17.6. The van der Waals surface area contributed by atoms with Gasteiger partial charge in [0.15, 0.2) is 0 Å². The largest absolute Gasteiger partial charge is 0.497 e. The standard InChI is InChI=1S/C20H32N2O2/c1-20(2,3)15-22(19(23)14-17-6-5-12-21-17)13-11-16-7-9-18(24-4)10-8-16/h7-10,17,21H,5-6,11-15H2,1-4H3. The molecule has 1 atom stereocenters. The van der Waals surface area contributed by atoms with Gasteiger partial charge in [-0.2, -0.15) is 0 Å². The Morgan fingerprint density at radius 1 is 1.29 bits per heavy atom. The lowest BCUT2D eigenvalue weighted by atomic mass is 9.95. The maximum atomic E-state index is 12.8. The smallest absolute Gasteiger partial charge is 0.224 e. The molecule has 0 aliphatic carbocycles. The van der Waals surface area contributed by atoms with Crippen molar-refractivity contribution in [3.05, 3.63) is 29.8 Å². The van der Waals surface area contributed by atoms with Crippen LogP contribution in [0.1, 0.15) is 45.6 Å². The summed E-state index contributed by atoms with van der Waals surface area (Å²) in [6, 6.07) is 8.48. The van der Waals surface area contributed by atoms with Crippen molar-refractivity contribution in [3.8, 4) is 5.75 Å². The summed E-state index contributed by atoms with van der Waals surface area (Å²) in [5, 5.41) is 3.43. The van der Waals surface area contributed by atoms with Gasteiger partial charge in [-0.25, -0.2) is 0 Å². The van der Waals surface area contributed by atoms with Crippen molar-refractivity contribution in [3.63, 3.8) is 0 Å². The van der Waals surface area contributed by atoms with E-state index >= 15 is 0 Å². The molecule has 1 amide bonds. The fourth-order valence-electron chi connectivity index (χ4n) is 3.19. The Bertz CT molecular complexity index is 513. The summed E-state index contributed by atoms with van der Waals surface area (Å²) in [5.41, 5.74) is 1.35. The molecule has 1 fully saturated rings. The van der Waals surface area contributed by atoms with Crippen molar-refractivity contribution in [2.75, 3.05) is 26.7 Å². The molecule has 0 bridgehead atoms. The van der Waals surface area contributed by atoms with Gasteiger partial charge in [0, 0.05) is 25.6 Å². The lowest BCUT2D eigenvalue weighted by Crippen LogP contribution is -2.41. The Balaban J connectivity index is 1.94. The predicted octanol–water partition coefficient (Wildman–Crippen LogP) is 3.25. The molecular formula is C20H32N2O2. The number of carbonyl (C=O) groups is 1. The summed E-state index contributed by atoms with van der Waals surface area (Å²) in [6.45, 7) is 9.18. The number of hydrogen-bond acceptors (Lipinski definition) is 3. The molecule has 134 valence electrons. The van der Waals surface area contributed by atoms with E-state index in [2.05, 4.69) is 38.2 Å². The van der Waals surface area contributed by atoms with E-state index in [4.69, 9.17) is 4.74 Å². The monoisotopic (exact) mass is 332 g/mol. The summed E-state index contributed by atoms with van der Waals surface area (Å²) in [5.74, 6) is 1.14. The third kappa shape index (κ3) is 6.16. The fraction of sp³-hybridized carbons (Fsp3) is 0.650. The van der Waals surface area contributed by atoms with Gasteiger partial charge in [-0.1, -0.05) is 32.9 Å². The number of carbonyl (C=O) groups excluding carboxylic acids is 1. The van der Waals surface area contributed by atoms with Crippen LogP contribution in [0.15, 0.2) is 24.3 Å². The SMILES string of the molecule is COc1ccc(CCN(CC(C)(C)C)C(=O)CC2CCCN2)cc1. The van der Waals surface area contributed by atoms with E-state index in [-0.39, 0.29) is 11.3 Å². The van der Waals surface area contributed by atoms with Gasteiger partial charge in [0.05, 0.1) is 7.11 Å². The number of benzene rings is 1. The van der Waals surface area contributed by atoms with E-state index < -0.39 is 0 Å². The van der Waals surface area contributed by atoms with Gasteiger partial charge in [-0.3, -0.25) is 4.79 Å². The molecule has 1 N–H and O–H groups in total. The second-order valence-corrected chi connectivity index (χ2v) is 7.97. The zero-order valence-electron chi connectivity index (χ0n) is 15.6. The van der Waals surface area contributed by atoms with Crippen molar-refractivity contribution in [2.24, 2.45) is 5.41 Å². The molecule has 1 aliphatic rings. The van der Waals surface area contributed by atoms with Crippen LogP contribution in [0.5, 0.6) is 5.75 Å². The second kappa shape index (κ2) is 8.52. The minimum absolute atomic E-state index is 0.110. The summed E-state index contributed by atoms with van der Waals surface area (Å²) in [6.07, 6.45) is 3.80. The first-order valence-electron chi connectivity index (χ1n) is 9.01. The Hall–Kier alpha value is -1.55. The number of nitrogens with one attached hydrogen (secondary N) is 1. The van der Waals surface area contributed by atoms with E-state index in [1.54, 1.807) is 7.11 Å². The molecule has 1 aliphatic heterocycles. The van der Waals surface area contributed by atoms with Crippen molar-refractivity contribution in [2.45, 2.75) is 52.5 Å². The van der Waals surface area contributed by atoms with E-state index in [0.29, 0.717) is 12.5 Å². The van der Waals surface area contributed by atoms with Crippen LogP contribution in [0.25, 0.3) is 0 Å². The summed E-state index contributed by atoms with van der Waals surface area (Å²) in [7, 11) is 1.68. The van der Waals surface area contributed by atoms with Crippen LogP contribution in [0.2, 0.25) is 0 Å². The first kappa shape index (κ1) is 18.8. The molecule has 2 rings (SSSR count).